The molecular formula is C16H20BrN3. The Kier molecular flexibility index (Phi) is 4.22. The fourth-order valence-corrected chi connectivity index (χ4v) is 3.11. The van der Waals surface area contributed by atoms with Crippen molar-refractivity contribution in [3.63, 3.8) is 0 Å². The molecule has 2 heterocycles. The Hall–Kier alpha value is -1.13. The van der Waals surface area contributed by atoms with Crippen molar-refractivity contribution in [2.75, 3.05) is 6.54 Å². The van der Waals surface area contributed by atoms with Crippen molar-refractivity contribution < 1.29 is 0 Å². The lowest BCUT2D eigenvalue weighted by molar-refractivity contribution is 0.495. The van der Waals surface area contributed by atoms with E-state index in [1.54, 1.807) is 0 Å². The molecule has 0 spiro atoms. The second-order valence-corrected chi connectivity index (χ2v) is 6.42. The van der Waals surface area contributed by atoms with Crippen LogP contribution in [-0.4, -0.2) is 16.1 Å². The smallest absolute Gasteiger partial charge is 0.0485 e. The van der Waals surface area contributed by atoms with E-state index in [-0.39, 0.29) is 0 Å². The van der Waals surface area contributed by atoms with Gasteiger partial charge >= 0.3 is 0 Å². The predicted molar refractivity (Wildman–Crippen MR) is 84.6 cm³/mol. The van der Waals surface area contributed by atoms with Crippen LogP contribution in [-0.2, 0) is 6.54 Å². The van der Waals surface area contributed by atoms with E-state index in [4.69, 9.17) is 0 Å². The van der Waals surface area contributed by atoms with Crippen molar-refractivity contribution >= 4 is 15.9 Å². The third kappa shape index (κ3) is 3.30. The fourth-order valence-electron chi connectivity index (χ4n) is 2.70. The molecule has 0 saturated heterocycles. The zero-order valence-electron chi connectivity index (χ0n) is 11.7. The third-order valence-corrected chi connectivity index (χ3v) is 4.21. The van der Waals surface area contributed by atoms with E-state index in [1.807, 2.05) is 12.4 Å². The van der Waals surface area contributed by atoms with Crippen LogP contribution in [0.4, 0.5) is 0 Å². The molecule has 1 atom stereocenters. The van der Waals surface area contributed by atoms with Crippen molar-refractivity contribution in [2.45, 2.75) is 32.4 Å². The Morgan fingerprint density at radius 2 is 2.30 bits per heavy atom. The van der Waals surface area contributed by atoms with Crippen LogP contribution in [0.1, 0.15) is 36.9 Å². The van der Waals surface area contributed by atoms with Gasteiger partial charge in [-0.3, -0.25) is 4.98 Å². The van der Waals surface area contributed by atoms with E-state index >= 15 is 0 Å². The van der Waals surface area contributed by atoms with E-state index in [1.165, 1.54) is 24.0 Å². The van der Waals surface area contributed by atoms with Gasteiger partial charge in [0.2, 0.25) is 0 Å². The molecule has 0 aliphatic heterocycles. The quantitative estimate of drug-likeness (QED) is 0.872. The maximum Gasteiger partial charge on any atom is 0.0485 e. The van der Waals surface area contributed by atoms with Crippen LogP contribution in [0.3, 0.4) is 0 Å². The van der Waals surface area contributed by atoms with Crippen molar-refractivity contribution in [1.82, 2.24) is 14.9 Å². The lowest BCUT2D eigenvalue weighted by Crippen LogP contribution is -2.22. The highest BCUT2D eigenvalue weighted by atomic mass is 79.9. The molecule has 1 aliphatic carbocycles. The van der Waals surface area contributed by atoms with Crippen LogP contribution in [0, 0.1) is 5.92 Å². The minimum absolute atomic E-state index is 0.530. The molecule has 0 amide bonds. The molecule has 0 aromatic carbocycles. The Balaban J connectivity index is 1.72. The first-order chi connectivity index (χ1) is 9.76. The second-order valence-electron chi connectivity index (χ2n) is 5.50. The van der Waals surface area contributed by atoms with Gasteiger partial charge in [0.25, 0.3) is 0 Å². The highest BCUT2D eigenvalue weighted by molar-refractivity contribution is 9.10. The summed E-state index contributed by atoms with van der Waals surface area (Å²) in [5.74, 6) is 0.832. The van der Waals surface area contributed by atoms with Crippen LogP contribution in [0.5, 0.6) is 0 Å². The monoisotopic (exact) mass is 333 g/mol. The van der Waals surface area contributed by atoms with Crippen LogP contribution < -0.4 is 5.32 Å². The second kappa shape index (κ2) is 6.10. The van der Waals surface area contributed by atoms with Crippen molar-refractivity contribution in [3.05, 3.63) is 52.5 Å². The molecule has 0 bridgehead atoms. The number of pyridine rings is 1. The molecule has 2 aromatic rings. The molecule has 3 nitrogen and oxygen atoms in total. The molecule has 106 valence electrons. The topological polar surface area (TPSA) is 29.9 Å². The average molecular weight is 334 g/mol. The van der Waals surface area contributed by atoms with Crippen LogP contribution in [0.15, 0.2) is 41.4 Å². The summed E-state index contributed by atoms with van der Waals surface area (Å²) in [4.78, 5) is 4.22. The number of aromatic nitrogens is 2. The van der Waals surface area contributed by atoms with Gasteiger partial charge in [0.05, 0.1) is 0 Å². The van der Waals surface area contributed by atoms with Gasteiger partial charge in [-0.2, -0.15) is 0 Å². The minimum atomic E-state index is 0.530. The van der Waals surface area contributed by atoms with Gasteiger partial charge in [-0.05, 0) is 64.5 Å². The SMILES string of the molecule is CCNC(c1ccn(Cc2cncc(Br)c2)c1)C1CC1. The minimum Gasteiger partial charge on any atom is -0.350 e. The molecule has 1 fully saturated rings. The van der Waals surface area contributed by atoms with Gasteiger partial charge in [-0.1, -0.05) is 6.92 Å². The zero-order valence-corrected chi connectivity index (χ0v) is 13.3. The molecule has 20 heavy (non-hydrogen) atoms. The van der Waals surface area contributed by atoms with Gasteiger partial charge in [-0.25, -0.2) is 0 Å². The maximum atomic E-state index is 4.22. The average Bonchev–Trinajstić information content (AvgIpc) is 3.16. The molecule has 2 aromatic heterocycles. The standard InChI is InChI=1S/C16H20BrN3/c1-2-19-16(13-3-4-13)14-5-6-20(11-14)10-12-7-15(17)9-18-8-12/h5-9,11,13,16,19H,2-4,10H2,1H3. The summed E-state index contributed by atoms with van der Waals surface area (Å²) < 4.78 is 3.27. The number of halogens is 1. The molecule has 3 rings (SSSR count). The number of rotatable bonds is 6. The van der Waals surface area contributed by atoms with Gasteiger partial charge in [0, 0.05) is 41.8 Å². The largest absolute Gasteiger partial charge is 0.350 e. The summed E-state index contributed by atoms with van der Waals surface area (Å²) in [6.07, 6.45) is 10.9. The highest BCUT2D eigenvalue weighted by Gasteiger charge is 2.31. The zero-order chi connectivity index (χ0) is 13.9. The number of hydrogen-bond acceptors (Lipinski definition) is 2. The fraction of sp³-hybridized carbons (Fsp3) is 0.438. The summed E-state index contributed by atoms with van der Waals surface area (Å²) in [6.45, 7) is 4.08. The number of hydrogen-bond donors (Lipinski definition) is 1. The molecule has 1 unspecified atom stereocenters. The molecule has 1 N–H and O–H groups in total. The summed E-state index contributed by atoms with van der Waals surface area (Å²) in [7, 11) is 0. The molecule has 1 saturated carbocycles. The van der Waals surface area contributed by atoms with Crippen LogP contribution in [0.25, 0.3) is 0 Å². The first kappa shape index (κ1) is 13.8. The number of nitrogens with zero attached hydrogens (tertiary/aromatic N) is 2. The maximum absolute atomic E-state index is 4.22. The summed E-state index contributed by atoms with van der Waals surface area (Å²) in [5.41, 5.74) is 2.63. The van der Waals surface area contributed by atoms with E-state index in [9.17, 15) is 0 Å². The van der Waals surface area contributed by atoms with E-state index < -0.39 is 0 Å². The van der Waals surface area contributed by atoms with Gasteiger partial charge in [-0.15, -0.1) is 0 Å². The lowest BCUT2D eigenvalue weighted by atomic mass is 10.1. The van der Waals surface area contributed by atoms with E-state index in [0.29, 0.717) is 6.04 Å². The normalized spacial score (nSPS) is 16.3. The number of nitrogens with one attached hydrogen (secondary N) is 1. The van der Waals surface area contributed by atoms with Crippen molar-refractivity contribution in [3.8, 4) is 0 Å². The Labute approximate surface area is 128 Å². The highest BCUT2D eigenvalue weighted by Crippen LogP contribution is 2.41. The first-order valence-electron chi connectivity index (χ1n) is 7.24. The molecule has 1 aliphatic rings. The molecule has 4 heteroatoms. The van der Waals surface area contributed by atoms with E-state index in [2.05, 4.69) is 62.2 Å². The third-order valence-electron chi connectivity index (χ3n) is 3.78. The molecule has 0 radical (unpaired) electrons. The summed E-state index contributed by atoms with van der Waals surface area (Å²) in [6, 6.07) is 4.90. The van der Waals surface area contributed by atoms with Crippen molar-refractivity contribution in [1.29, 1.82) is 0 Å². The van der Waals surface area contributed by atoms with Gasteiger partial charge in [0.1, 0.15) is 0 Å². The van der Waals surface area contributed by atoms with Crippen molar-refractivity contribution in [2.24, 2.45) is 5.92 Å². The molecular weight excluding hydrogens is 314 g/mol. The van der Waals surface area contributed by atoms with Crippen LogP contribution >= 0.6 is 15.9 Å². The summed E-state index contributed by atoms with van der Waals surface area (Å²) in [5, 5.41) is 3.61. The van der Waals surface area contributed by atoms with Gasteiger partial charge in [0.15, 0.2) is 0 Å². The first-order valence-corrected chi connectivity index (χ1v) is 8.04. The Morgan fingerprint density at radius 1 is 1.45 bits per heavy atom. The van der Waals surface area contributed by atoms with E-state index in [0.717, 1.165) is 23.5 Å². The Morgan fingerprint density at radius 3 is 3.00 bits per heavy atom. The predicted octanol–water partition coefficient (Wildman–Crippen LogP) is 3.75. The van der Waals surface area contributed by atoms with Crippen LogP contribution in [0.2, 0.25) is 0 Å². The Bertz CT molecular complexity index is 575. The van der Waals surface area contributed by atoms with Gasteiger partial charge < -0.3 is 9.88 Å². The summed E-state index contributed by atoms with van der Waals surface area (Å²) >= 11 is 3.47. The lowest BCUT2D eigenvalue weighted by Gasteiger charge is -2.15.